The Bertz CT molecular complexity index is 2840. The molecule has 3 aliphatic rings. The second kappa shape index (κ2) is 30.5. The fourth-order valence-electron chi connectivity index (χ4n) is 9.26. The first-order chi connectivity index (χ1) is 38.3. The molecule has 0 saturated carbocycles. The summed E-state index contributed by atoms with van der Waals surface area (Å²) >= 11 is 7.50. The number of carbonyl (C=O) groups excluding carboxylic acids is 6. The van der Waals surface area contributed by atoms with Crippen LogP contribution in [0.15, 0.2) is 89.0 Å². The van der Waals surface area contributed by atoms with Crippen molar-refractivity contribution < 1.29 is 52.8 Å². The van der Waals surface area contributed by atoms with Crippen LogP contribution in [0.4, 0.5) is 32.0 Å². The van der Waals surface area contributed by atoms with Gasteiger partial charge in [-0.1, -0.05) is 79.1 Å². The van der Waals surface area contributed by atoms with Gasteiger partial charge in [-0.25, -0.2) is 24.5 Å². The van der Waals surface area contributed by atoms with E-state index in [1.54, 1.807) is 38.1 Å². The molecule has 6 rings (SSSR count). The van der Waals surface area contributed by atoms with Gasteiger partial charge in [0.15, 0.2) is 11.2 Å². The maximum absolute atomic E-state index is 14.1. The minimum Gasteiger partial charge on any atom is -0.448 e. The number of para-hydroxylation sites is 1. The molecule has 1 aliphatic carbocycles. The molecule has 0 unspecified atom stereocenters. The molecule has 2 aromatic heterocycles. The van der Waals surface area contributed by atoms with Crippen LogP contribution in [0.1, 0.15) is 86.8 Å². The number of benzene rings is 1. The maximum atomic E-state index is 14.1. The molecule has 80 heavy (non-hydrogen) atoms. The lowest BCUT2D eigenvalue weighted by Crippen LogP contribution is -2.47. The molecule has 4 heterocycles. The van der Waals surface area contributed by atoms with Crippen LogP contribution < -0.4 is 37.2 Å². The number of allylic oxidation sites excluding steroid dienone is 4. The first-order valence-corrected chi connectivity index (χ1v) is 27.9. The number of piperazine rings is 1. The fourth-order valence-corrected chi connectivity index (χ4v) is 10.2. The summed E-state index contributed by atoms with van der Waals surface area (Å²) in [5, 5.41) is 26.9. The summed E-state index contributed by atoms with van der Waals surface area (Å²) in [6.07, 6.45) is 7.65. The molecule has 3 aromatic rings. The van der Waals surface area contributed by atoms with Gasteiger partial charge in [-0.2, -0.15) is 0 Å². The number of ether oxygens (including phenoxy) is 4. The number of carbonyl (C=O) groups is 6. The van der Waals surface area contributed by atoms with Gasteiger partial charge < -0.3 is 61.3 Å². The van der Waals surface area contributed by atoms with Gasteiger partial charge in [-0.15, -0.1) is 0 Å². The number of alkyl carbamates (subject to hydrolysis) is 1. The maximum Gasteiger partial charge on any atom is 0.407 e. The summed E-state index contributed by atoms with van der Waals surface area (Å²) in [5.74, 6) is -0.215. The molecule has 2 bridgehead atoms. The van der Waals surface area contributed by atoms with Crippen LogP contribution in [-0.4, -0.2) is 152 Å². The van der Waals surface area contributed by atoms with Gasteiger partial charge in [0.2, 0.25) is 11.6 Å². The van der Waals surface area contributed by atoms with Crippen LogP contribution in [0.25, 0.3) is 0 Å². The molecular weight excluding hydrogens is 1070 g/mol. The van der Waals surface area contributed by atoms with Crippen molar-refractivity contribution >= 4 is 81.0 Å². The van der Waals surface area contributed by atoms with Crippen LogP contribution in [-0.2, 0) is 33.3 Å². The highest BCUT2D eigenvalue weighted by atomic mass is 35.5. The van der Waals surface area contributed by atoms with Crippen molar-refractivity contribution in [3.8, 4) is 0 Å². The van der Waals surface area contributed by atoms with Crippen molar-refractivity contribution in [3.63, 3.8) is 0 Å². The largest absolute Gasteiger partial charge is 0.448 e. The monoisotopic (exact) mass is 1140 g/mol. The number of aliphatic hydroxyl groups excluding tert-OH is 1. The number of thiazole rings is 1. The Balaban J connectivity index is 0.915. The van der Waals surface area contributed by atoms with Crippen molar-refractivity contribution in [1.82, 2.24) is 35.8 Å². The van der Waals surface area contributed by atoms with Gasteiger partial charge in [-0.05, 0) is 82.9 Å². The zero-order valence-electron chi connectivity index (χ0n) is 46.4. The van der Waals surface area contributed by atoms with Gasteiger partial charge >= 0.3 is 12.2 Å². The topological polar surface area (TPSA) is 291 Å². The molecule has 22 nitrogen and oxygen atoms in total. The van der Waals surface area contributed by atoms with Crippen molar-refractivity contribution in [2.45, 2.75) is 104 Å². The Labute approximate surface area is 475 Å². The lowest BCUT2D eigenvalue weighted by Gasteiger charge is -2.35. The predicted molar refractivity (Wildman–Crippen MR) is 306 cm³/mol. The highest BCUT2D eigenvalue weighted by molar-refractivity contribution is 7.17. The molecule has 0 radical (unpaired) electrons. The highest BCUT2D eigenvalue weighted by Crippen LogP contribution is 2.31. The lowest BCUT2D eigenvalue weighted by atomic mass is 9.86. The van der Waals surface area contributed by atoms with E-state index >= 15 is 0 Å². The number of primary amides is 1. The molecule has 1 aromatic carbocycles. The third-order valence-electron chi connectivity index (χ3n) is 13.7. The van der Waals surface area contributed by atoms with E-state index in [1.807, 2.05) is 39.0 Å². The number of rotatable bonds is 19. The molecule has 5 atom stereocenters. The number of halogens is 1. The van der Waals surface area contributed by atoms with E-state index in [0.717, 1.165) is 43.4 Å². The smallest absolute Gasteiger partial charge is 0.407 e. The molecule has 1 fully saturated rings. The minimum absolute atomic E-state index is 0.137. The van der Waals surface area contributed by atoms with Crippen molar-refractivity contribution in [2.24, 2.45) is 11.7 Å². The van der Waals surface area contributed by atoms with Crippen molar-refractivity contribution in [2.75, 3.05) is 82.2 Å². The first kappa shape index (κ1) is 62.2. The van der Waals surface area contributed by atoms with Gasteiger partial charge in [-0.3, -0.25) is 24.1 Å². The number of hydrogen-bond acceptors (Lipinski definition) is 19. The molecule has 0 spiro atoms. The van der Waals surface area contributed by atoms with Crippen molar-refractivity contribution in [1.29, 1.82) is 0 Å². The summed E-state index contributed by atoms with van der Waals surface area (Å²) in [4.78, 5) is 96.9. The van der Waals surface area contributed by atoms with E-state index in [-0.39, 0.29) is 53.8 Å². The molecule has 4 amide bonds. The second-order valence-corrected chi connectivity index (χ2v) is 21.3. The Kier molecular flexibility index (Phi) is 23.7. The van der Waals surface area contributed by atoms with E-state index in [4.69, 9.17) is 36.3 Å². The number of methoxy groups -OCH3 is 2. The van der Waals surface area contributed by atoms with E-state index in [0.29, 0.717) is 89.9 Å². The number of aryl methyl sites for hydroxylation is 2. The number of aliphatic hydroxyl groups is 1. The summed E-state index contributed by atoms with van der Waals surface area (Å²) in [5.41, 5.74) is 7.81. The number of nitrogens with zero attached hydrogens (tertiary/aromatic N) is 5. The molecular formula is C56H74ClN11O11S. The van der Waals surface area contributed by atoms with Crippen LogP contribution >= 0.6 is 22.9 Å². The van der Waals surface area contributed by atoms with Crippen LogP contribution in [0, 0.1) is 19.8 Å². The van der Waals surface area contributed by atoms with Gasteiger partial charge in [0, 0.05) is 83.3 Å². The van der Waals surface area contributed by atoms with Crippen LogP contribution in [0.3, 0.4) is 0 Å². The van der Waals surface area contributed by atoms with E-state index in [1.165, 1.54) is 37.8 Å². The third-order valence-corrected chi connectivity index (χ3v) is 14.9. The van der Waals surface area contributed by atoms with Crippen LogP contribution in [0.5, 0.6) is 0 Å². The number of Topliss-reactive ketones (excluding diaryl/α,β-unsaturated/α-hetero) is 1. The van der Waals surface area contributed by atoms with Gasteiger partial charge in [0.25, 0.3) is 11.8 Å². The van der Waals surface area contributed by atoms with Gasteiger partial charge in [0.05, 0.1) is 40.5 Å². The predicted octanol–water partition coefficient (Wildman–Crippen LogP) is 6.73. The first-order valence-electron chi connectivity index (χ1n) is 26.7. The van der Waals surface area contributed by atoms with E-state index in [2.05, 4.69) is 51.3 Å². The lowest BCUT2D eigenvalue weighted by molar-refractivity contribution is -0.120. The number of aromatic nitrogens is 3. The molecule has 432 valence electrons. The normalized spacial score (nSPS) is 22.5. The summed E-state index contributed by atoms with van der Waals surface area (Å²) in [7, 11) is 2.91. The zero-order valence-corrected chi connectivity index (χ0v) is 48.0. The summed E-state index contributed by atoms with van der Waals surface area (Å²) in [6.45, 7) is 13.4. The highest BCUT2D eigenvalue weighted by Gasteiger charge is 2.33. The standard InChI is InChI=1S/C56H74ClN11O11S/c1-33-28-38-49(42(70)30-40(50(38)71)64-52(72)36(4)15-13-17-43(76-6)51(79-54(58)74)35(3)18-19-41(69)44(29-33)77-7)59-20-10-8-9-11-21-60-56(75)78-27-26-67-22-24-68(25-23-67)47-31-46(62-37(5)63-47)65-55-61-32-45(80-55)53(73)66-48-34(2)14-12-16-39(48)57/h12-18,30-33,41,43-44,51,59,69H,8-11,19-29H2,1-7H3,(H2,58,74)(H,60,75)(H,64,72)(H,66,73)(H,61,62,63,65)/b17-13-,35-18+,36-15+/t33-,41+,43+,44+,51+/m1/s1. The average molecular weight is 1140 g/mol. The summed E-state index contributed by atoms with van der Waals surface area (Å²) in [6, 6.07) is 7.28. The number of nitrogens with two attached hydrogens (primary N) is 1. The third kappa shape index (κ3) is 18.3. The number of unbranched alkanes of at least 4 members (excludes halogenated alkanes) is 3. The van der Waals surface area contributed by atoms with Crippen LogP contribution in [0.2, 0.25) is 5.02 Å². The number of amides is 4. The SMILES string of the molecule is CO[C@H]1/C=C\C=C(/C)C(=O)NC2=CC(=O)C(NCCCCCCNC(=O)OCCN3CCN(c4cc(Nc5ncc(C(=O)Nc6c(C)cccc6Cl)s5)nc(C)n4)CC3)=C(C[C@@H](C)C[C@H](OC)[C@@H](O)C/C=C(\C)[C@@H]1OC(N)=O)C2=O. The number of fused-ring (bicyclic) bond motifs is 2. The summed E-state index contributed by atoms with van der Waals surface area (Å²) < 4.78 is 22.2. The molecule has 24 heteroatoms. The minimum atomic E-state index is -1.02. The Morgan fingerprint density at radius 2 is 1.74 bits per heavy atom. The molecule has 2 aliphatic heterocycles. The molecule has 1 saturated heterocycles. The second-order valence-electron chi connectivity index (χ2n) is 19.9. The quantitative estimate of drug-likeness (QED) is 0.0372. The van der Waals surface area contributed by atoms with Crippen molar-refractivity contribution in [3.05, 3.63) is 110 Å². The number of nitrogens with one attached hydrogen (secondary N) is 5. The number of ketones is 2. The number of anilines is 4. The fraction of sp³-hybridized carbons (Fsp3) is 0.482. The molecule has 8 N–H and O–H groups in total. The average Bonchev–Trinajstić information content (AvgIpc) is 3.95. The van der Waals surface area contributed by atoms with E-state index in [9.17, 15) is 33.9 Å². The Hall–Kier alpha value is -7.02. The Morgan fingerprint density at radius 1 is 0.988 bits per heavy atom. The Morgan fingerprint density at radius 3 is 2.45 bits per heavy atom. The number of hydrogen-bond donors (Lipinski definition) is 7. The van der Waals surface area contributed by atoms with E-state index < -0.39 is 54.1 Å². The zero-order chi connectivity index (χ0) is 57.9. The van der Waals surface area contributed by atoms with Gasteiger partial charge in [0.1, 0.15) is 35.0 Å².